The Hall–Kier alpha value is -3.38. The first-order valence-electron chi connectivity index (χ1n) is 10.2. The van der Waals surface area contributed by atoms with Gasteiger partial charge in [-0.15, -0.1) is 0 Å². The maximum atomic E-state index is 12.6. The molecule has 0 fully saturated rings. The van der Waals surface area contributed by atoms with Crippen LogP contribution < -0.4 is 0 Å². The van der Waals surface area contributed by atoms with Crippen LogP contribution in [0.5, 0.6) is 5.75 Å². The highest BCUT2D eigenvalue weighted by molar-refractivity contribution is 6.00. The first kappa shape index (κ1) is 22.3. The third-order valence-corrected chi connectivity index (χ3v) is 5.26. The molecule has 0 aliphatic heterocycles. The molecule has 0 radical (unpaired) electrons. The summed E-state index contributed by atoms with van der Waals surface area (Å²) >= 11 is 0. The predicted octanol–water partition coefficient (Wildman–Crippen LogP) is 4.55. The molecule has 1 heterocycles. The van der Waals surface area contributed by atoms with E-state index in [0.29, 0.717) is 17.7 Å². The first-order chi connectivity index (χ1) is 14.9. The van der Waals surface area contributed by atoms with Gasteiger partial charge in [0, 0.05) is 37.2 Å². The van der Waals surface area contributed by atoms with Crippen molar-refractivity contribution in [2.24, 2.45) is 0 Å². The molecule has 6 nitrogen and oxygen atoms in total. The molecular weight excluding hydrogens is 394 g/mol. The number of phenolic OH excluding ortho intramolecular Hbond substituents is 1. The van der Waals surface area contributed by atoms with E-state index in [1.165, 1.54) is 0 Å². The summed E-state index contributed by atoms with van der Waals surface area (Å²) in [6, 6.07) is 15.6. The average molecular weight is 421 g/mol. The Morgan fingerprint density at radius 3 is 2.19 bits per heavy atom. The van der Waals surface area contributed by atoms with Crippen molar-refractivity contribution in [1.82, 2.24) is 4.57 Å². The van der Waals surface area contributed by atoms with Gasteiger partial charge < -0.3 is 19.1 Å². The minimum absolute atomic E-state index is 0.198. The van der Waals surface area contributed by atoms with Gasteiger partial charge in [0.05, 0.1) is 5.56 Å². The van der Waals surface area contributed by atoms with E-state index in [4.69, 9.17) is 9.47 Å². The van der Waals surface area contributed by atoms with Crippen molar-refractivity contribution < 1.29 is 24.2 Å². The van der Waals surface area contributed by atoms with Gasteiger partial charge in [-0.2, -0.15) is 0 Å². The van der Waals surface area contributed by atoms with Crippen molar-refractivity contribution in [3.05, 3.63) is 77.1 Å². The second-order valence-corrected chi connectivity index (χ2v) is 7.41. The van der Waals surface area contributed by atoms with E-state index < -0.39 is 5.97 Å². The molecule has 0 saturated carbocycles. The number of carbonyl (C=O) groups excluding carboxylic acids is 2. The highest BCUT2D eigenvalue weighted by atomic mass is 16.5. The minimum atomic E-state index is -0.542. The van der Waals surface area contributed by atoms with E-state index in [2.05, 4.69) is 4.57 Å². The number of nitrogens with zero attached hydrogens (tertiary/aromatic N) is 1. The molecule has 3 aromatic rings. The molecule has 0 unspecified atom stereocenters. The van der Waals surface area contributed by atoms with E-state index in [1.807, 2.05) is 19.9 Å². The average Bonchev–Trinajstić information content (AvgIpc) is 3.06. The molecule has 1 N–H and O–H groups in total. The molecular formula is C25H27NO5. The van der Waals surface area contributed by atoms with Crippen LogP contribution in [0.1, 0.15) is 38.5 Å². The van der Waals surface area contributed by atoms with E-state index in [-0.39, 0.29) is 18.1 Å². The summed E-state index contributed by atoms with van der Waals surface area (Å²) in [6.45, 7) is 4.98. The molecule has 31 heavy (non-hydrogen) atoms. The van der Waals surface area contributed by atoms with Gasteiger partial charge in [0.2, 0.25) is 5.78 Å². The molecule has 1 aromatic heterocycles. The summed E-state index contributed by atoms with van der Waals surface area (Å²) in [6.07, 6.45) is 0.857. The minimum Gasteiger partial charge on any atom is -0.508 e. The number of rotatable bonds is 9. The Bertz CT molecular complexity index is 1050. The quantitative estimate of drug-likeness (QED) is 0.311. The highest BCUT2D eigenvalue weighted by Gasteiger charge is 2.18. The van der Waals surface area contributed by atoms with E-state index >= 15 is 0 Å². The maximum absolute atomic E-state index is 12.6. The number of esters is 1. The normalized spacial score (nSPS) is 10.8. The van der Waals surface area contributed by atoms with Gasteiger partial charge in [0.15, 0.2) is 6.61 Å². The monoisotopic (exact) mass is 421 g/mol. The highest BCUT2D eigenvalue weighted by Crippen LogP contribution is 2.22. The lowest BCUT2D eigenvalue weighted by Gasteiger charge is -2.09. The fourth-order valence-corrected chi connectivity index (χ4v) is 3.54. The molecule has 6 heteroatoms. The van der Waals surface area contributed by atoms with Gasteiger partial charge in [0.25, 0.3) is 0 Å². The number of benzene rings is 2. The largest absolute Gasteiger partial charge is 0.508 e. The second kappa shape index (κ2) is 10.1. The molecule has 162 valence electrons. The smallest absolute Gasteiger partial charge is 0.338 e. The third-order valence-electron chi connectivity index (χ3n) is 5.26. The predicted molar refractivity (Wildman–Crippen MR) is 119 cm³/mol. The zero-order chi connectivity index (χ0) is 22.4. The van der Waals surface area contributed by atoms with Crippen LogP contribution in [-0.4, -0.2) is 41.7 Å². The van der Waals surface area contributed by atoms with Gasteiger partial charge >= 0.3 is 5.97 Å². The van der Waals surface area contributed by atoms with Crippen LogP contribution in [0.15, 0.2) is 54.6 Å². The summed E-state index contributed by atoms with van der Waals surface area (Å²) in [7, 11) is 1.67. The Kier molecular flexibility index (Phi) is 7.26. The number of hydrogen-bond donors (Lipinski definition) is 1. The fourth-order valence-electron chi connectivity index (χ4n) is 3.54. The third kappa shape index (κ3) is 5.41. The summed E-state index contributed by atoms with van der Waals surface area (Å²) in [5, 5.41) is 9.39. The second-order valence-electron chi connectivity index (χ2n) is 7.41. The van der Waals surface area contributed by atoms with Gasteiger partial charge in [-0.1, -0.05) is 24.3 Å². The summed E-state index contributed by atoms with van der Waals surface area (Å²) in [4.78, 5) is 25.0. The van der Waals surface area contributed by atoms with Gasteiger partial charge in [-0.05, 0) is 61.7 Å². The number of ketones is 1. The molecule has 2 aromatic carbocycles. The number of carbonyl (C=O) groups is 2. The first-order valence-corrected chi connectivity index (χ1v) is 10.2. The lowest BCUT2D eigenvalue weighted by molar-refractivity contribution is 0.0474. The zero-order valence-corrected chi connectivity index (χ0v) is 18.1. The summed E-state index contributed by atoms with van der Waals surface area (Å²) < 4.78 is 12.4. The van der Waals surface area contributed by atoms with Crippen molar-refractivity contribution in [3.8, 4) is 16.9 Å². The van der Waals surface area contributed by atoms with Crippen molar-refractivity contribution in [2.75, 3.05) is 20.3 Å². The fraction of sp³-hybridized carbons (Fsp3) is 0.280. The maximum Gasteiger partial charge on any atom is 0.338 e. The standard InChI is InChI=1S/C25H27NO5/c1-17-15-23(18(2)26(17)13-4-14-30-3)24(28)16-31-25(29)21-7-5-19(6-8-21)20-9-11-22(27)12-10-20/h5-12,15,27H,4,13-14,16H2,1-3H3. The topological polar surface area (TPSA) is 77.8 Å². The van der Waals surface area contributed by atoms with Crippen LogP contribution in [-0.2, 0) is 16.0 Å². The van der Waals surface area contributed by atoms with E-state index in [0.717, 1.165) is 35.5 Å². The Balaban J connectivity index is 1.61. The van der Waals surface area contributed by atoms with E-state index in [9.17, 15) is 14.7 Å². The van der Waals surface area contributed by atoms with Crippen molar-refractivity contribution in [2.45, 2.75) is 26.8 Å². The molecule has 0 amide bonds. The van der Waals surface area contributed by atoms with Crippen molar-refractivity contribution in [3.63, 3.8) is 0 Å². The Morgan fingerprint density at radius 1 is 0.968 bits per heavy atom. The number of Topliss-reactive ketones (excluding diaryl/α,β-unsaturated/α-hetero) is 1. The number of aromatic nitrogens is 1. The van der Waals surface area contributed by atoms with Crippen LogP contribution >= 0.6 is 0 Å². The van der Waals surface area contributed by atoms with Crippen LogP contribution in [0.4, 0.5) is 0 Å². The zero-order valence-electron chi connectivity index (χ0n) is 18.1. The van der Waals surface area contributed by atoms with Crippen LogP contribution in [0.2, 0.25) is 0 Å². The number of hydrogen-bond acceptors (Lipinski definition) is 5. The molecule has 3 rings (SSSR count). The SMILES string of the molecule is COCCCn1c(C)cc(C(=O)COC(=O)c2ccc(-c3ccc(O)cc3)cc2)c1C. The van der Waals surface area contributed by atoms with Crippen LogP contribution in [0.3, 0.4) is 0 Å². The van der Waals surface area contributed by atoms with Gasteiger partial charge in [0.1, 0.15) is 5.75 Å². The summed E-state index contributed by atoms with van der Waals surface area (Å²) in [5.41, 5.74) is 4.65. The van der Waals surface area contributed by atoms with Gasteiger partial charge in [-0.3, -0.25) is 4.79 Å². The van der Waals surface area contributed by atoms with E-state index in [1.54, 1.807) is 55.6 Å². The summed E-state index contributed by atoms with van der Waals surface area (Å²) in [5.74, 6) is -0.566. The lowest BCUT2D eigenvalue weighted by Crippen LogP contribution is -2.15. The number of aryl methyl sites for hydroxylation is 1. The van der Waals surface area contributed by atoms with Crippen LogP contribution in [0, 0.1) is 13.8 Å². The molecule has 0 aliphatic carbocycles. The van der Waals surface area contributed by atoms with Gasteiger partial charge in [-0.25, -0.2) is 4.79 Å². The molecule has 0 bridgehead atoms. The molecule has 0 atom stereocenters. The van der Waals surface area contributed by atoms with Crippen molar-refractivity contribution in [1.29, 1.82) is 0 Å². The van der Waals surface area contributed by atoms with Crippen molar-refractivity contribution >= 4 is 11.8 Å². The Labute approximate surface area is 182 Å². The number of aromatic hydroxyl groups is 1. The number of phenols is 1. The number of methoxy groups -OCH3 is 1. The molecule has 0 spiro atoms. The molecule has 0 aliphatic rings. The lowest BCUT2D eigenvalue weighted by atomic mass is 10.0. The number of ether oxygens (including phenoxy) is 2. The Morgan fingerprint density at radius 2 is 1.58 bits per heavy atom. The molecule has 0 saturated heterocycles. The van der Waals surface area contributed by atoms with Crippen LogP contribution in [0.25, 0.3) is 11.1 Å².